The Bertz CT molecular complexity index is 1120. The van der Waals surface area contributed by atoms with Crippen molar-refractivity contribution in [3.8, 4) is 11.3 Å². The zero-order chi connectivity index (χ0) is 20.9. The zero-order valence-electron chi connectivity index (χ0n) is 15.7. The first-order chi connectivity index (χ1) is 14.4. The molecule has 0 spiro atoms. The number of aromatic amines is 1. The van der Waals surface area contributed by atoms with Crippen molar-refractivity contribution in [2.45, 2.75) is 18.8 Å². The number of rotatable bonds is 2. The van der Waals surface area contributed by atoms with Crippen LogP contribution in [0, 0.1) is 11.6 Å². The van der Waals surface area contributed by atoms with Crippen LogP contribution in [-0.4, -0.2) is 35.0 Å². The van der Waals surface area contributed by atoms with Crippen molar-refractivity contribution in [3.05, 3.63) is 59.8 Å². The number of nitrogens with zero attached hydrogens (tertiary/aromatic N) is 3. The van der Waals surface area contributed by atoms with Gasteiger partial charge in [-0.3, -0.25) is 5.10 Å². The summed E-state index contributed by atoms with van der Waals surface area (Å²) in [5.74, 6) is -4.08. The maximum Gasteiger partial charge on any atom is 0.251 e. The molecule has 0 aliphatic carbocycles. The standard InChI is InChI=1S/C21H17F4N5/c22-14-2-1-3-15(23)18(14)20-27-16-5-4-12(30-8-6-21(24,25)7-9-30)10-13(16)19-17(28-20)11-26-29-19/h1-5,10-11H,6-9H2,(H,26,29)(H,27,28). The van der Waals surface area contributed by atoms with Gasteiger partial charge in [-0.15, -0.1) is 0 Å². The van der Waals surface area contributed by atoms with Crippen LogP contribution in [0.15, 0.2) is 47.6 Å². The lowest BCUT2D eigenvalue weighted by Crippen LogP contribution is -2.39. The highest BCUT2D eigenvalue weighted by Crippen LogP contribution is 2.40. The normalized spacial score (nSPS) is 17.5. The van der Waals surface area contributed by atoms with Gasteiger partial charge in [-0.2, -0.15) is 5.10 Å². The number of benzene rings is 2. The second-order valence-corrected chi connectivity index (χ2v) is 7.39. The quantitative estimate of drug-likeness (QED) is 0.573. The molecule has 5 nitrogen and oxygen atoms in total. The Hall–Kier alpha value is -3.36. The van der Waals surface area contributed by atoms with E-state index in [2.05, 4.69) is 20.5 Å². The molecule has 9 heteroatoms. The highest BCUT2D eigenvalue weighted by atomic mass is 19.3. The van der Waals surface area contributed by atoms with Gasteiger partial charge in [0.25, 0.3) is 5.92 Å². The van der Waals surface area contributed by atoms with Gasteiger partial charge in [-0.25, -0.2) is 22.6 Å². The lowest BCUT2D eigenvalue weighted by molar-refractivity contribution is -0.0220. The number of aliphatic imine (C=N–C) groups is 1. The number of H-pyrrole nitrogens is 1. The van der Waals surface area contributed by atoms with E-state index in [4.69, 9.17) is 0 Å². The first kappa shape index (κ1) is 18.7. The summed E-state index contributed by atoms with van der Waals surface area (Å²) in [6.45, 7) is 0.495. The average Bonchev–Trinajstić information content (AvgIpc) is 3.10. The van der Waals surface area contributed by atoms with Crippen LogP contribution in [0.25, 0.3) is 11.3 Å². The lowest BCUT2D eigenvalue weighted by atomic mass is 10.0. The van der Waals surface area contributed by atoms with Crippen LogP contribution in [0.4, 0.5) is 34.6 Å². The fourth-order valence-corrected chi connectivity index (χ4v) is 3.82. The molecule has 0 radical (unpaired) electrons. The number of fused-ring (bicyclic) bond motifs is 3. The first-order valence-electron chi connectivity index (χ1n) is 9.52. The van der Waals surface area contributed by atoms with Gasteiger partial charge in [0, 0.05) is 42.9 Å². The van der Waals surface area contributed by atoms with Crippen LogP contribution in [-0.2, 0) is 0 Å². The fourth-order valence-electron chi connectivity index (χ4n) is 3.82. The number of anilines is 2. The number of alkyl halides is 2. The summed E-state index contributed by atoms with van der Waals surface area (Å²) >= 11 is 0. The Kier molecular flexibility index (Phi) is 4.27. The van der Waals surface area contributed by atoms with E-state index in [0.29, 0.717) is 22.6 Å². The molecule has 2 N–H and O–H groups in total. The molecule has 0 saturated carbocycles. The molecule has 154 valence electrons. The molecule has 2 aliphatic heterocycles. The molecular formula is C21H17F4N5. The van der Waals surface area contributed by atoms with E-state index < -0.39 is 17.6 Å². The van der Waals surface area contributed by atoms with Crippen LogP contribution in [0.2, 0.25) is 0 Å². The number of nitrogens with one attached hydrogen (secondary N) is 2. The molecule has 3 heterocycles. The highest BCUT2D eigenvalue weighted by molar-refractivity contribution is 6.13. The van der Waals surface area contributed by atoms with Crippen molar-refractivity contribution in [3.63, 3.8) is 0 Å². The third-order valence-corrected chi connectivity index (χ3v) is 5.44. The van der Waals surface area contributed by atoms with Crippen LogP contribution in [0.5, 0.6) is 0 Å². The minimum Gasteiger partial charge on any atom is -0.371 e. The van der Waals surface area contributed by atoms with Crippen molar-refractivity contribution in [1.82, 2.24) is 10.2 Å². The second-order valence-electron chi connectivity index (χ2n) is 7.39. The molecule has 2 aliphatic rings. The van der Waals surface area contributed by atoms with E-state index >= 15 is 0 Å². The number of aromatic nitrogens is 2. The van der Waals surface area contributed by atoms with E-state index in [1.54, 1.807) is 12.1 Å². The maximum absolute atomic E-state index is 14.4. The van der Waals surface area contributed by atoms with E-state index in [0.717, 1.165) is 5.69 Å². The highest BCUT2D eigenvalue weighted by Gasteiger charge is 2.34. The molecule has 5 rings (SSSR count). The van der Waals surface area contributed by atoms with Crippen molar-refractivity contribution in [2.75, 3.05) is 23.3 Å². The van der Waals surface area contributed by atoms with E-state index in [1.165, 1.54) is 24.4 Å². The van der Waals surface area contributed by atoms with E-state index in [-0.39, 0.29) is 37.3 Å². The summed E-state index contributed by atoms with van der Waals surface area (Å²) in [5.41, 5.74) is 2.78. The number of piperidine rings is 1. The monoisotopic (exact) mass is 415 g/mol. The molecule has 0 atom stereocenters. The van der Waals surface area contributed by atoms with Gasteiger partial charge >= 0.3 is 0 Å². The van der Waals surface area contributed by atoms with Crippen LogP contribution in [0.3, 0.4) is 0 Å². The smallest absolute Gasteiger partial charge is 0.251 e. The molecule has 0 amide bonds. The Morgan fingerprint density at radius 1 is 1.00 bits per heavy atom. The van der Waals surface area contributed by atoms with Gasteiger partial charge in [0.2, 0.25) is 0 Å². The molecule has 30 heavy (non-hydrogen) atoms. The largest absolute Gasteiger partial charge is 0.371 e. The molecule has 0 unspecified atom stereocenters. The minimum absolute atomic E-state index is 0.0253. The van der Waals surface area contributed by atoms with Crippen molar-refractivity contribution in [1.29, 1.82) is 0 Å². The number of hydrogen-bond donors (Lipinski definition) is 2. The summed E-state index contributed by atoms with van der Waals surface area (Å²) in [6.07, 6.45) is 1.08. The molecule has 1 fully saturated rings. The number of amidine groups is 1. The summed E-state index contributed by atoms with van der Waals surface area (Å²) in [4.78, 5) is 6.29. The Labute approximate surface area is 169 Å². The second kappa shape index (κ2) is 6.86. The van der Waals surface area contributed by atoms with Crippen LogP contribution >= 0.6 is 0 Å². The third-order valence-electron chi connectivity index (χ3n) is 5.44. The number of halogens is 4. The average molecular weight is 415 g/mol. The summed E-state index contributed by atoms with van der Waals surface area (Å²) in [6, 6.07) is 9.02. The van der Waals surface area contributed by atoms with Gasteiger partial charge in [-0.05, 0) is 30.3 Å². The third kappa shape index (κ3) is 3.20. The van der Waals surface area contributed by atoms with E-state index in [9.17, 15) is 17.6 Å². The van der Waals surface area contributed by atoms with Gasteiger partial charge in [-0.1, -0.05) is 6.07 Å². The molecule has 3 aromatic rings. The number of hydrogen-bond acceptors (Lipinski definition) is 4. The summed E-state index contributed by atoms with van der Waals surface area (Å²) < 4.78 is 55.8. The minimum atomic E-state index is -2.63. The topological polar surface area (TPSA) is 56.3 Å². The summed E-state index contributed by atoms with van der Waals surface area (Å²) in [7, 11) is 0. The van der Waals surface area contributed by atoms with Crippen LogP contribution in [0.1, 0.15) is 18.4 Å². The molecule has 1 aromatic heterocycles. The van der Waals surface area contributed by atoms with Crippen LogP contribution < -0.4 is 10.2 Å². The van der Waals surface area contributed by atoms with Gasteiger partial charge in [0.05, 0.1) is 17.5 Å². The Morgan fingerprint density at radius 2 is 1.73 bits per heavy atom. The fraction of sp³-hybridized carbons (Fsp3) is 0.238. The maximum atomic E-state index is 14.4. The predicted molar refractivity (Wildman–Crippen MR) is 107 cm³/mol. The Balaban J connectivity index is 1.56. The zero-order valence-corrected chi connectivity index (χ0v) is 15.7. The Morgan fingerprint density at radius 3 is 2.47 bits per heavy atom. The summed E-state index contributed by atoms with van der Waals surface area (Å²) in [5, 5.41) is 9.91. The van der Waals surface area contributed by atoms with E-state index in [1.807, 2.05) is 11.0 Å². The van der Waals surface area contributed by atoms with Crippen molar-refractivity contribution in [2.24, 2.45) is 4.99 Å². The predicted octanol–water partition coefficient (Wildman–Crippen LogP) is 5.09. The van der Waals surface area contributed by atoms with Crippen molar-refractivity contribution < 1.29 is 17.6 Å². The molecular weight excluding hydrogens is 398 g/mol. The molecule has 0 bridgehead atoms. The van der Waals surface area contributed by atoms with Crippen molar-refractivity contribution >= 4 is 22.9 Å². The molecule has 2 aromatic carbocycles. The van der Waals surface area contributed by atoms with Gasteiger partial charge in [0.1, 0.15) is 23.2 Å². The molecule has 1 saturated heterocycles. The lowest BCUT2D eigenvalue weighted by Gasteiger charge is -2.33. The van der Waals surface area contributed by atoms with Gasteiger partial charge < -0.3 is 10.2 Å². The van der Waals surface area contributed by atoms with Gasteiger partial charge in [0.15, 0.2) is 0 Å². The first-order valence-corrected chi connectivity index (χ1v) is 9.52. The SMILES string of the molecule is Fc1cccc(F)c1C1=Nc2cn[nH]c2-c2cc(N3CCC(F)(F)CC3)ccc2N1.